The van der Waals surface area contributed by atoms with Gasteiger partial charge in [-0.1, -0.05) is 0 Å². The van der Waals surface area contributed by atoms with E-state index in [2.05, 4.69) is 0 Å². The topological polar surface area (TPSA) is 38.5 Å². The normalized spacial score (nSPS) is 28.8. The van der Waals surface area contributed by atoms with Crippen molar-refractivity contribution in [2.75, 3.05) is 13.8 Å². The summed E-state index contributed by atoms with van der Waals surface area (Å²) in [5, 5.41) is 0. The van der Waals surface area contributed by atoms with Crippen molar-refractivity contribution in [1.82, 2.24) is 4.90 Å². The van der Waals surface area contributed by atoms with Crippen molar-refractivity contribution in [1.29, 1.82) is 0 Å². The van der Waals surface area contributed by atoms with Gasteiger partial charge < -0.3 is 15.4 Å². The van der Waals surface area contributed by atoms with Gasteiger partial charge in [-0.3, -0.25) is 0 Å². The first-order valence-corrected chi connectivity index (χ1v) is 2.55. The molecule has 0 aromatic heterocycles. The molecule has 1 aliphatic rings. The zero-order valence-electron chi connectivity index (χ0n) is 4.87. The molecule has 1 unspecified atom stereocenters. The van der Waals surface area contributed by atoms with Gasteiger partial charge in [0.15, 0.2) is 0 Å². The lowest BCUT2D eigenvalue weighted by Gasteiger charge is -2.21. The molecule has 3 heteroatoms. The highest BCUT2D eigenvalue weighted by molar-refractivity contribution is 4.87. The maximum absolute atomic E-state index is 5.36. The van der Waals surface area contributed by atoms with Crippen molar-refractivity contribution < 1.29 is 4.74 Å². The van der Waals surface area contributed by atoms with Crippen molar-refractivity contribution in [3.8, 4) is 0 Å². The molecule has 0 aromatic carbocycles. The van der Waals surface area contributed by atoms with Gasteiger partial charge in [-0.15, -0.1) is 0 Å². The summed E-state index contributed by atoms with van der Waals surface area (Å²) in [6, 6.07) is 0. The Kier molecular flexibility index (Phi) is 1.50. The van der Waals surface area contributed by atoms with Crippen LogP contribution in [0.3, 0.4) is 0 Å². The second-order valence-corrected chi connectivity index (χ2v) is 1.86. The fourth-order valence-electron chi connectivity index (χ4n) is 0.534. The summed E-state index contributed by atoms with van der Waals surface area (Å²) in [5.41, 5.74) is 5.36. The van der Waals surface area contributed by atoms with E-state index in [9.17, 15) is 0 Å². The van der Waals surface area contributed by atoms with Crippen LogP contribution in [-0.2, 0) is 4.74 Å². The summed E-state index contributed by atoms with van der Waals surface area (Å²) < 4.78 is 5.01. The van der Waals surface area contributed by atoms with E-state index < -0.39 is 0 Å². The van der Waals surface area contributed by atoms with E-state index in [1.807, 2.05) is 24.2 Å². The number of hydrogen-bond donors (Lipinski definition) is 1. The summed E-state index contributed by atoms with van der Waals surface area (Å²) in [4.78, 5) is 1.92. The van der Waals surface area contributed by atoms with Crippen LogP contribution in [0.25, 0.3) is 0 Å². The van der Waals surface area contributed by atoms with Crippen molar-refractivity contribution in [3.05, 3.63) is 12.3 Å². The van der Waals surface area contributed by atoms with E-state index in [1.165, 1.54) is 0 Å². The van der Waals surface area contributed by atoms with E-state index in [0.717, 1.165) is 0 Å². The first kappa shape index (κ1) is 5.59. The Hall–Kier alpha value is -0.540. The highest BCUT2D eigenvalue weighted by Gasteiger charge is 2.03. The van der Waals surface area contributed by atoms with Gasteiger partial charge in [-0.2, -0.15) is 0 Å². The molecule has 0 bridgehead atoms. The fraction of sp³-hybridized carbons (Fsp3) is 0.600. The number of ether oxygens (including phenoxy) is 1. The van der Waals surface area contributed by atoms with Gasteiger partial charge in [0.25, 0.3) is 0 Å². The standard InChI is InChI=1S/C5H10N2O/c1-7-3-2-5(6)8-4-7/h2-3,5H,4,6H2,1H3. The Morgan fingerprint density at radius 3 is 3.00 bits per heavy atom. The molecule has 0 saturated heterocycles. The van der Waals surface area contributed by atoms with Crippen LogP contribution in [0.5, 0.6) is 0 Å². The number of nitrogens with two attached hydrogens (primary N) is 1. The molecule has 0 fully saturated rings. The highest BCUT2D eigenvalue weighted by Crippen LogP contribution is 1.96. The lowest BCUT2D eigenvalue weighted by molar-refractivity contribution is 0.0162. The third kappa shape index (κ3) is 1.21. The van der Waals surface area contributed by atoms with Gasteiger partial charge in [-0.05, 0) is 6.08 Å². The van der Waals surface area contributed by atoms with E-state index in [0.29, 0.717) is 6.73 Å². The predicted molar refractivity (Wildman–Crippen MR) is 30.8 cm³/mol. The maximum Gasteiger partial charge on any atom is 0.128 e. The maximum atomic E-state index is 5.36. The smallest absolute Gasteiger partial charge is 0.128 e. The fourth-order valence-corrected chi connectivity index (χ4v) is 0.534. The number of rotatable bonds is 0. The molecule has 0 saturated carbocycles. The van der Waals surface area contributed by atoms with Crippen LogP contribution in [0.1, 0.15) is 0 Å². The van der Waals surface area contributed by atoms with Crippen molar-refractivity contribution in [2.24, 2.45) is 5.73 Å². The van der Waals surface area contributed by atoms with Gasteiger partial charge >= 0.3 is 0 Å². The minimum atomic E-state index is -0.203. The summed E-state index contributed by atoms with van der Waals surface area (Å²) >= 11 is 0. The minimum absolute atomic E-state index is 0.203. The third-order valence-electron chi connectivity index (χ3n) is 1.00. The first-order chi connectivity index (χ1) is 3.79. The first-order valence-electron chi connectivity index (χ1n) is 2.55. The van der Waals surface area contributed by atoms with E-state index in [4.69, 9.17) is 10.5 Å². The monoisotopic (exact) mass is 114 g/mol. The molecule has 46 valence electrons. The highest BCUT2D eigenvalue weighted by atomic mass is 16.5. The van der Waals surface area contributed by atoms with Gasteiger partial charge in [0.05, 0.1) is 0 Å². The predicted octanol–water partition coefficient (Wildman–Crippen LogP) is -0.296. The zero-order valence-corrected chi connectivity index (χ0v) is 4.87. The Balaban J connectivity index is 2.42. The molecule has 8 heavy (non-hydrogen) atoms. The second kappa shape index (κ2) is 2.15. The summed E-state index contributed by atoms with van der Waals surface area (Å²) in [5.74, 6) is 0. The van der Waals surface area contributed by atoms with Crippen molar-refractivity contribution >= 4 is 0 Å². The Labute approximate surface area is 48.7 Å². The zero-order chi connectivity index (χ0) is 5.98. The van der Waals surface area contributed by atoms with Crippen LogP contribution in [0.2, 0.25) is 0 Å². The largest absolute Gasteiger partial charge is 0.358 e. The second-order valence-electron chi connectivity index (χ2n) is 1.86. The van der Waals surface area contributed by atoms with Crippen LogP contribution in [0, 0.1) is 0 Å². The van der Waals surface area contributed by atoms with Gasteiger partial charge in [0, 0.05) is 13.2 Å². The van der Waals surface area contributed by atoms with Gasteiger partial charge in [-0.25, -0.2) is 0 Å². The van der Waals surface area contributed by atoms with Crippen molar-refractivity contribution in [3.63, 3.8) is 0 Å². The Bertz CT molecular complexity index is 90.6. The van der Waals surface area contributed by atoms with Crippen molar-refractivity contribution in [2.45, 2.75) is 6.23 Å². The molecular weight excluding hydrogens is 104 g/mol. The van der Waals surface area contributed by atoms with Gasteiger partial charge in [0.2, 0.25) is 0 Å². The molecular formula is C5H10N2O. The Morgan fingerprint density at radius 1 is 1.88 bits per heavy atom. The van der Waals surface area contributed by atoms with Crippen LogP contribution in [0.15, 0.2) is 12.3 Å². The quantitative estimate of drug-likeness (QED) is 0.470. The molecule has 0 aliphatic carbocycles. The average molecular weight is 114 g/mol. The lowest BCUT2D eigenvalue weighted by Crippen LogP contribution is -2.31. The van der Waals surface area contributed by atoms with Crippen LogP contribution < -0.4 is 5.73 Å². The minimum Gasteiger partial charge on any atom is -0.358 e. The van der Waals surface area contributed by atoms with Crippen LogP contribution >= 0.6 is 0 Å². The summed E-state index contributed by atoms with van der Waals surface area (Å²) in [6.07, 6.45) is 3.52. The van der Waals surface area contributed by atoms with E-state index >= 15 is 0 Å². The molecule has 0 spiro atoms. The molecule has 0 amide bonds. The number of hydrogen-bond acceptors (Lipinski definition) is 3. The molecule has 1 rings (SSSR count). The molecule has 3 nitrogen and oxygen atoms in total. The summed E-state index contributed by atoms with van der Waals surface area (Å²) in [6.45, 7) is 0.595. The summed E-state index contributed by atoms with van der Waals surface area (Å²) in [7, 11) is 1.93. The molecule has 0 radical (unpaired) electrons. The van der Waals surface area contributed by atoms with Crippen LogP contribution in [0.4, 0.5) is 0 Å². The molecule has 0 aromatic rings. The SMILES string of the molecule is CN1C=CC(N)OC1. The third-order valence-corrected chi connectivity index (χ3v) is 1.00. The van der Waals surface area contributed by atoms with Crippen LogP contribution in [-0.4, -0.2) is 24.9 Å². The molecule has 1 atom stereocenters. The molecule has 1 heterocycles. The number of nitrogens with zero attached hydrogens (tertiary/aromatic N) is 1. The van der Waals surface area contributed by atoms with E-state index in [-0.39, 0.29) is 6.23 Å². The molecule has 1 aliphatic heterocycles. The molecule has 2 N–H and O–H groups in total. The van der Waals surface area contributed by atoms with Gasteiger partial charge in [0.1, 0.15) is 13.0 Å². The Morgan fingerprint density at radius 2 is 2.62 bits per heavy atom. The average Bonchev–Trinajstić information content (AvgIpc) is 1.77. The van der Waals surface area contributed by atoms with E-state index in [1.54, 1.807) is 0 Å². The lowest BCUT2D eigenvalue weighted by atomic mass is 10.5.